The summed E-state index contributed by atoms with van der Waals surface area (Å²) >= 11 is 1.17. The van der Waals surface area contributed by atoms with E-state index in [1.54, 1.807) is 11.4 Å². The second-order valence-corrected chi connectivity index (χ2v) is 7.14. The Balaban J connectivity index is 2.12. The molecule has 110 valence electrons. The van der Waals surface area contributed by atoms with Crippen molar-refractivity contribution in [1.82, 2.24) is 0 Å². The monoisotopic (exact) mass is 318 g/mol. The van der Waals surface area contributed by atoms with Crippen LogP contribution in [0.1, 0.15) is 16.1 Å². The van der Waals surface area contributed by atoms with E-state index in [4.69, 9.17) is 5.14 Å². The van der Waals surface area contributed by atoms with Crippen molar-refractivity contribution in [3.8, 4) is 0 Å². The molecule has 1 aliphatic heterocycles. The van der Waals surface area contributed by atoms with Crippen molar-refractivity contribution < 1.29 is 22.7 Å². The number of sulfonamides is 1. The largest absolute Gasteiger partial charge is 0.465 e. The topological polar surface area (TPSA) is 107 Å². The Kier molecular flexibility index (Phi) is 4.11. The highest BCUT2D eigenvalue weighted by Crippen LogP contribution is 2.29. The number of hydrogen-bond donors (Lipinski definition) is 1. The van der Waals surface area contributed by atoms with Gasteiger partial charge in [-0.15, -0.1) is 11.3 Å². The third kappa shape index (κ3) is 3.35. The van der Waals surface area contributed by atoms with Crippen LogP contribution in [-0.4, -0.2) is 39.7 Å². The normalized spacial score (nSPS) is 19.4. The Morgan fingerprint density at radius 1 is 1.60 bits per heavy atom. The van der Waals surface area contributed by atoms with Gasteiger partial charge in [0.05, 0.1) is 18.6 Å². The number of amides is 1. The summed E-state index contributed by atoms with van der Waals surface area (Å²) in [4.78, 5) is 25.1. The lowest BCUT2D eigenvalue weighted by atomic mass is 10.1. The fourth-order valence-corrected chi connectivity index (χ4v) is 3.84. The van der Waals surface area contributed by atoms with E-state index in [9.17, 15) is 18.0 Å². The van der Waals surface area contributed by atoms with Gasteiger partial charge in [-0.2, -0.15) is 0 Å². The third-order valence-electron chi connectivity index (χ3n) is 2.96. The number of methoxy groups -OCH3 is 1. The summed E-state index contributed by atoms with van der Waals surface area (Å²) in [5, 5.41) is 6.66. The van der Waals surface area contributed by atoms with E-state index < -0.39 is 16.0 Å². The maximum atomic E-state index is 11.9. The maximum Gasteiger partial charge on any atom is 0.348 e. The molecular weight excluding hydrogens is 304 g/mol. The first-order valence-electron chi connectivity index (χ1n) is 5.78. The molecule has 1 aromatic heterocycles. The Bertz CT molecular complexity index is 637. The van der Waals surface area contributed by atoms with Crippen LogP contribution >= 0.6 is 11.3 Å². The fraction of sp³-hybridized carbons (Fsp3) is 0.455. The first-order valence-corrected chi connectivity index (χ1v) is 8.37. The Morgan fingerprint density at radius 3 is 2.90 bits per heavy atom. The van der Waals surface area contributed by atoms with Gasteiger partial charge in [-0.25, -0.2) is 18.4 Å². The summed E-state index contributed by atoms with van der Waals surface area (Å²) in [5.74, 6) is -1.18. The number of rotatable bonds is 4. The van der Waals surface area contributed by atoms with Crippen molar-refractivity contribution in [2.45, 2.75) is 6.42 Å². The molecular formula is C11H14N2O5S2. The summed E-state index contributed by atoms with van der Waals surface area (Å²) in [6.45, 7) is 0.284. The molecule has 0 spiro atoms. The van der Waals surface area contributed by atoms with Crippen molar-refractivity contribution in [2.75, 3.05) is 24.3 Å². The molecule has 9 heteroatoms. The predicted molar refractivity (Wildman–Crippen MR) is 74.1 cm³/mol. The number of carbonyl (C=O) groups excluding carboxylic acids is 2. The molecule has 2 N–H and O–H groups in total. The smallest absolute Gasteiger partial charge is 0.348 e. The highest BCUT2D eigenvalue weighted by molar-refractivity contribution is 7.89. The van der Waals surface area contributed by atoms with E-state index in [2.05, 4.69) is 4.74 Å². The van der Waals surface area contributed by atoms with Gasteiger partial charge in [-0.3, -0.25) is 4.79 Å². The van der Waals surface area contributed by atoms with Gasteiger partial charge in [-0.05, 0) is 6.07 Å². The Labute approximate surface area is 120 Å². The zero-order valence-electron chi connectivity index (χ0n) is 10.7. The number of carbonyl (C=O) groups is 2. The van der Waals surface area contributed by atoms with Crippen molar-refractivity contribution in [1.29, 1.82) is 0 Å². The molecule has 1 amide bonds. The molecule has 0 aliphatic carbocycles. The average molecular weight is 318 g/mol. The van der Waals surface area contributed by atoms with Crippen molar-refractivity contribution in [2.24, 2.45) is 11.1 Å². The number of hydrogen-bond acceptors (Lipinski definition) is 6. The molecule has 1 aromatic rings. The van der Waals surface area contributed by atoms with Crippen molar-refractivity contribution in [3.05, 3.63) is 16.3 Å². The zero-order chi connectivity index (χ0) is 14.9. The molecule has 0 bridgehead atoms. The van der Waals surface area contributed by atoms with E-state index >= 15 is 0 Å². The van der Waals surface area contributed by atoms with Gasteiger partial charge in [0, 0.05) is 24.3 Å². The number of nitrogens with zero attached hydrogens (tertiary/aromatic N) is 1. The van der Waals surface area contributed by atoms with Crippen LogP contribution in [0, 0.1) is 5.92 Å². The van der Waals surface area contributed by atoms with Crippen LogP contribution in [0.2, 0.25) is 0 Å². The minimum absolute atomic E-state index is 0.139. The summed E-state index contributed by atoms with van der Waals surface area (Å²) in [5.41, 5.74) is 0.581. The van der Waals surface area contributed by atoms with E-state index in [0.29, 0.717) is 10.6 Å². The standard InChI is InChI=1S/C11H14N2O5S2/c1-18-11(15)9-3-8(5-19-9)13-4-7(2-10(13)14)6-20(12,16)17/h3,5,7H,2,4,6H2,1H3,(H2,12,16,17). The van der Waals surface area contributed by atoms with Crippen molar-refractivity contribution in [3.63, 3.8) is 0 Å². The molecule has 1 atom stereocenters. The number of ether oxygens (including phenoxy) is 1. The number of anilines is 1. The van der Waals surface area contributed by atoms with Crippen LogP contribution in [0.4, 0.5) is 5.69 Å². The quantitative estimate of drug-likeness (QED) is 0.797. The summed E-state index contributed by atoms with van der Waals surface area (Å²) < 4.78 is 26.7. The zero-order valence-corrected chi connectivity index (χ0v) is 12.4. The van der Waals surface area contributed by atoms with Gasteiger partial charge >= 0.3 is 5.97 Å². The molecule has 7 nitrogen and oxygen atoms in total. The molecule has 2 rings (SSSR count). The van der Waals surface area contributed by atoms with E-state index in [0.717, 1.165) is 0 Å². The summed E-state index contributed by atoms with van der Waals surface area (Å²) in [6.07, 6.45) is 0.139. The predicted octanol–water partition coefficient (Wildman–Crippen LogP) is 0.176. The van der Waals surface area contributed by atoms with Crippen LogP contribution in [0.15, 0.2) is 11.4 Å². The fourth-order valence-electron chi connectivity index (χ4n) is 2.15. The van der Waals surface area contributed by atoms with Crippen molar-refractivity contribution >= 4 is 38.9 Å². The highest BCUT2D eigenvalue weighted by Gasteiger charge is 2.33. The molecule has 1 saturated heterocycles. The van der Waals surface area contributed by atoms with Gasteiger partial charge in [0.2, 0.25) is 15.9 Å². The lowest BCUT2D eigenvalue weighted by Gasteiger charge is -2.14. The lowest BCUT2D eigenvalue weighted by molar-refractivity contribution is -0.117. The minimum atomic E-state index is -3.60. The van der Waals surface area contributed by atoms with Crippen LogP contribution in [0.3, 0.4) is 0 Å². The van der Waals surface area contributed by atoms with Crippen LogP contribution in [-0.2, 0) is 19.6 Å². The highest BCUT2D eigenvalue weighted by atomic mass is 32.2. The molecule has 0 aromatic carbocycles. The van der Waals surface area contributed by atoms with Gasteiger partial charge in [-0.1, -0.05) is 0 Å². The number of thiophene rings is 1. The minimum Gasteiger partial charge on any atom is -0.465 e. The Hall–Kier alpha value is -1.45. The van der Waals surface area contributed by atoms with Gasteiger partial charge in [0.15, 0.2) is 0 Å². The lowest BCUT2D eigenvalue weighted by Crippen LogP contribution is -2.27. The first-order chi connectivity index (χ1) is 9.30. The molecule has 1 fully saturated rings. The molecule has 20 heavy (non-hydrogen) atoms. The number of primary sulfonamides is 1. The van der Waals surface area contributed by atoms with Crippen LogP contribution in [0.5, 0.6) is 0 Å². The molecule has 1 unspecified atom stereocenters. The summed E-state index contributed by atoms with van der Waals surface area (Å²) in [6, 6.07) is 1.56. The molecule has 2 heterocycles. The van der Waals surface area contributed by atoms with E-state index in [-0.39, 0.29) is 30.5 Å². The number of nitrogens with two attached hydrogens (primary N) is 1. The first kappa shape index (κ1) is 14.9. The second-order valence-electron chi connectivity index (χ2n) is 4.56. The van der Waals surface area contributed by atoms with Gasteiger partial charge in [0.1, 0.15) is 4.88 Å². The average Bonchev–Trinajstić information content (AvgIpc) is 2.92. The third-order valence-corrected chi connectivity index (χ3v) is 4.79. The van der Waals surface area contributed by atoms with E-state index in [1.165, 1.54) is 23.3 Å². The van der Waals surface area contributed by atoms with Gasteiger partial charge in [0.25, 0.3) is 0 Å². The Morgan fingerprint density at radius 2 is 2.30 bits per heavy atom. The van der Waals surface area contributed by atoms with Gasteiger partial charge < -0.3 is 9.64 Å². The summed E-state index contributed by atoms with van der Waals surface area (Å²) in [7, 11) is -2.32. The molecule has 0 radical (unpaired) electrons. The molecule has 1 aliphatic rings. The molecule has 0 saturated carbocycles. The van der Waals surface area contributed by atoms with E-state index in [1.807, 2.05) is 0 Å². The van der Waals surface area contributed by atoms with Crippen LogP contribution in [0.25, 0.3) is 0 Å². The number of esters is 1. The maximum absolute atomic E-state index is 11.9. The second kappa shape index (κ2) is 5.51. The van der Waals surface area contributed by atoms with Crippen LogP contribution < -0.4 is 10.0 Å². The SMILES string of the molecule is COC(=O)c1cc(N2CC(CS(N)(=O)=O)CC2=O)cs1.